The fourth-order valence-electron chi connectivity index (χ4n) is 7.77. The zero-order chi connectivity index (χ0) is 30.6. The summed E-state index contributed by atoms with van der Waals surface area (Å²) in [6.07, 6.45) is 3.70. The number of nitrogens with zero attached hydrogens (tertiary/aromatic N) is 6. The first-order valence-electron chi connectivity index (χ1n) is 15.8. The van der Waals surface area contributed by atoms with Gasteiger partial charge in [0.2, 0.25) is 0 Å². The van der Waals surface area contributed by atoms with Crippen LogP contribution in [0.15, 0.2) is 146 Å². The highest BCUT2D eigenvalue weighted by molar-refractivity contribution is 6.26. The summed E-state index contributed by atoms with van der Waals surface area (Å²) in [5, 5.41) is 6.93. The lowest BCUT2D eigenvalue weighted by Gasteiger charge is -2.13. The standard InChI is InChI=1S/C41H24N6/c1-3-11-25(12-4-1)45-34-17-8-7-15-27(34)28-19-20-29-30-23-32-31(24-36(30)46(39(29)38(28)45)26-13-5-2-6-14-26)37-35(18-10-21-42-37)47-40(32)44-33-16-9-22-43-41(33)47/h1-24H. The van der Waals surface area contributed by atoms with Crippen LogP contribution >= 0.6 is 0 Å². The maximum absolute atomic E-state index is 5.14. The molecule has 0 aliphatic rings. The van der Waals surface area contributed by atoms with Gasteiger partial charge in [0.1, 0.15) is 11.2 Å². The highest BCUT2D eigenvalue weighted by Gasteiger charge is 2.23. The number of hydrogen-bond acceptors (Lipinski definition) is 3. The van der Waals surface area contributed by atoms with Crippen molar-refractivity contribution < 1.29 is 0 Å². The number of benzene rings is 5. The van der Waals surface area contributed by atoms with E-state index in [-0.39, 0.29) is 0 Å². The number of para-hydroxylation sites is 3. The van der Waals surface area contributed by atoms with E-state index in [2.05, 4.69) is 129 Å². The van der Waals surface area contributed by atoms with E-state index in [4.69, 9.17) is 15.0 Å². The molecule has 6 aromatic heterocycles. The molecule has 0 bridgehead atoms. The van der Waals surface area contributed by atoms with Gasteiger partial charge in [-0.15, -0.1) is 0 Å². The van der Waals surface area contributed by atoms with E-state index in [0.717, 1.165) is 55.5 Å². The van der Waals surface area contributed by atoms with Gasteiger partial charge in [0.25, 0.3) is 0 Å². The van der Waals surface area contributed by atoms with E-state index in [1.807, 2.05) is 30.6 Å². The molecule has 47 heavy (non-hydrogen) atoms. The first-order valence-corrected chi connectivity index (χ1v) is 15.8. The topological polar surface area (TPSA) is 52.9 Å². The number of rotatable bonds is 2. The zero-order valence-corrected chi connectivity index (χ0v) is 25.0. The Morgan fingerprint density at radius 3 is 1.83 bits per heavy atom. The van der Waals surface area contributed by atoms with Crippen LogP contribution in [0.2, 0.25) is 0 Å². The minimum absolute atomic E-state index is 0.836. The highest BCUT2D eigenvalue weighted by Crippen LogP contribution is 2.43. The molecule has 0 amide bonds. The van der Waals surface area contributed by atoms with Gasteiger partial charge in [0.15, 0.2) is 5.65 Å². The Bertz CT molecular complexity index is 3060. The molecule has 0 N–H and O–H groups in total. The lowest BCUT2D eigenvalue weighted by molar-refractivity contribution is 1.15. The molecule has 0 saturated carbocycles. The molecule has 6 heterocycles. The number of fused-ring (bicyclic) bond motifs is 15. The van der Waals surface area contributed by atoms with Crippen molar-refractivity contribution in [1.29, 1.82) is 0 Å². The van der Waals surface area contributed by atoms with Crippen LogP contribution in [0.5, 0.6) is 0 Å². The molecule has 11 aromatic rings. The molecule has 0 spiro atoms. The lowest BCUT2D eigenvalue weighted by Crippen LogP contribution is -1.98. The fraction of sp³-hybridized carbons (Fsp3) is 0. The Labute approximate surface area is 267 Å². The minimum Gasteiger partial charge on any atom is -0.307 e. The normalized spacial score (nSPS) is 12.3. The summed E-state index contributed by atoms with van der Waals surface area (Å²) in [6, 6.07) is 47.4. The third kappa shape index (κ3) is 3.21. The monoisotopic (exact) mass is 600 g/mol. The summed E-state index contributed by atoms with van der Waals surface area (Å²) in [5.74, 6) is 0. The second-order valence-electron chi connectivity index (χ2n) is 12.1. The highest BCUT2D eigenvalue weighted by atomic mass is 15.1. The molecule has 5 aromatic carbocycles. The maximum Gasteiger partial charge on any atom is 0.165 e. The van der Waals surface area contributed by atoms with Crippen LogP contribution in [0.25, 0.3) is 93.6 Å². The molecule has 11 rings (SSSR count). The van der Waals surface area contributed by atoms with E-state index in [1.165, 1.54) is 38.1 Å². The van der Waals surface area contributed by atoms with Gasteiger partial charge in [0.05, 0.1) is 33.1 Å². The molecule has 0 atom stereocenters. The molecule has 0 fully saturated rings. The summed E-state index contributed by atoms with van der Waals surface area (Å²) in [4.78, 5) is 14.8. The molecule has 0 saturated heterocycles. The molecule has 0 aliphatic carbocycles. The van der Waals surface area contributed by atoms with E-state index < -0.39 is 0 Å². The summed E-state index contributed by atoms with van der Waals surface area (Å²) in [7, 11) is 0. The molecule has 0 radical (unpaired) electrons. The third-order valence-corrected chi connectivity index (χ3v) is 9.67. The van der Waals surface area contributed by atoms with Crippen molar-refractivity contribution in [3.8, 4) is 11.4 Å². The van der Waals surface area contributed by atoms with Gasteiger partial charge in [-0.3, -0.25) is 9.38 Å². The van der Waals surface area contributed by atoms with Crippen LogP contribution in [0, 0.1) is 0 Å². The molecule has 0 aliphatic heterocycles. The van der Waals surface area contributed by atoms with Gasteiger partial charge in [-0.05, 0) is 66.7 Å². The quantitative estimate of drug-likeness (QED) is 0.186. The largest absolute Gasteiger partial charge is 0.307 e. The van der Waals surface area contributed by atoms with Crippen molar-refractivity contribution in [3.05, 3.63) is 146 Å². The first-order chi connectivity index (χ1) is 23.3. The van der Waals surface area contributed by atoms with Gasteiger partial charge in [-0.1, -0.05) is 66.7 Å². The van der Waals surface area contributed by atoms with Crippen molar-refractivity contribution in [2.75, 3.05) is 0 Å². The van der Waals surface area contributed by atoms with E-state index >= 15 is 0 Å². The van der Waals surface area contributed by atoms with Crippen molar-refractivity contribution in [2.24, 2.45) is 0 Å². The van der Waals surface area contributed by atoms with Crippen LogP contribution in [0.1, 0.15) is 0 Å². The minimum atomic E-state index is 0.836. The Kier molecular flexibility index (Phi) is 4.75. The summed E-state index contributed by atoms with van der Waals surface area (Å²) in [6.45, 7) is 0. The van der Waals surface area contributed by atoms with Gasteiger partial charge in [0, 0.05) is 56.1 Å². The van der Waals surface area contributed by atoms with Crippen molar-refractivity contribution >= 4 is 82.2 Å². The second-order valence-corrected chi connectivity index (χ2v) is 12.1. The third-order valence-electron chi connectivity index (χ3n) is 9.67. The Hall–Kier alpha value is -6.53. The molecule has 6 heteroatoms. The average molecular weight is 601 g/mol. The van der Waals surface area contributed by atoms with Gasteiger partial charge >= 0.3 is 0 Å². The summed E-state index contributed by atoms with van der Waals surface area (Å²) < 4.78 is 7.02. The number of imidazole rings is 1. The molecule has 6 nitrogen and oxygen atoms in total. The Balaban J connectivity index is 1.42. The zero-order valence-electron chi connectivity index (χ0n) is 25.0. The van der Waals surface area contributed by atoms with Crippen LogP contribution in [0.3, 0.4) is 0 Å². The summed E-state index contributed by atoms with van der Waals surface area (Å²) >= 11 is 0. The molecular weight excluding hydrogens is 576 g/mol. The Morgan fingerprint density at radius 1 is 0.404 bits per heavy atom. The number of pyridine rings is 3. The predicted molar refractivity (Wildman–Crippen MR) is 192 cm³/mol. The number of hydrogen-bond donors (Lipinski definition) is 0. The van der Waals surface area contributed by atoms with Gasteiger partial charge in [-0.2, -0.15) is 0 Å². The molecular formula is C41H24N6. The van der Waals surface area contributed by atoms with E-state index in [9.17, 15) is 0 Å². The summed E-state index contributed by atoms with van der Waals surface area (Å²) in [5.41, 5.74) is 11.4. The first kappa shape index (κ1) is 24.8. The van der Waals surface area contributed by atoms with Gasteiger partial charge < -0.3 is 9.13 Å². The van der Waals surface area contributed by atoms with Crippen LogP contribution < -0.4 is 0 Å². The van der Waals surface area contributed by atoms with Crippen molar-refractivity contribution in [3.63, 3.8) is 0 Å². The maximum atomic E-state index is 5.14. The van der Waals surface area contributed by atoms with Crippen molar-refractivity contribution in [2.45, 2.75) is 0 Å². The Morgan fingerprint density at radius 2 is 1.04 bits per heavy atom. The predicted octanol–water partition coefficient (Wildman–Crippen LogP) is 9.78. The van der Waals surface area contributed by atoms with Crippen LogP contribution in [0.4, 0.5) is 0 Å². The van der Waals surface area contributed by atoms with Crippen LogP contribution in [-0.2, 0) is 0 Å². The van der Waals surface area contributed by atoms with Crippen LogP contribution in [-0.4, -0.2) is 28.5 Å². The molecule has 218 valence electrons. The average Bonchev–Trinajstić information content (AvgIpc) is 3.80. The second kappa shape index (κ2) is 9.02. The van der Waals surface area contributed by atoms with E-state index in [1.54, 1.807) is 0 Å². The number of aromatic nitrogens is 6. The van der Waals surface area contributed by atoms with Gasteiger partial charge in [-0.25, -0.2) is 9.97 Å². The lowest BCUT2D eigenvalue weighted by atomic mass is 10.0. The molecule has 0 unspecified atom stereocenters. The SMILES string of the molecule is c1ccc(-n2c3ccccc3c3ccc4c5cc6c(cc5n(-c5ccccc5)c4c32)c2ncccc2n2c3ncccc3nc62)cc1. The van der Waals surface area contributed by atoms with Crippen molar-refractivity contribution in [1.82, 2.24) is 28.5 Å². The fourth-order valence-corrected chi connectivity index (χ4v) is 7.77. The smallest absolute Gasteiger partial charge is 0.165 e. The van der Waals surface area contributed by atoms with E-state index in [0.29, 0.717) is 0 Å².